The maximum Gasteiger partial charge on any atom is 0.346 e. The smallest absolute Gasteiger partial charge is 0.346 e. The minimum absolute atomic E-state index is 0.194. The number of carboxylic acid groups (broad SMARTS) is 1. The van der Waals surface area contributed by atoms with E-state index >= 15 is 0 Å². The molecule has 4 nitrogen and oxygen atoms in total. The van der Waals surface area contributed by atoms with Crippen molar-refractivity contribution in [2.75, 3.05) is 6.54 Å². The van der Waals surface area contributed by atoms with Crippen LogP contribution in [0.25, 0.3) is 0 Å². The van der Waals surface area contributed by atoms with Crippen molar-refractivity contribution in [1.82, 2.24) is 0 Å². The first-order valence-electron chi connectivity index (χ1n) is 4.26. The maximum atomic E-state index is 10.6. The number of benzene rings is 1. The van der Waals surface area contributed by atoms with Gasteiger partial charge in [0.25, 0.3) is 0 Å². The van der Waals surface area contributed by atoms with Gasteiger partial charge >= 0.3 is 5.97 Å². The van der Waals surface area contributed by atoms with Crippen LogP contribution in [0.5, 0.6) is 0 Å². The van der Waals surface area contributed by atoms with Gasteiger partial charge in [-0.2, -0.15) is 0 Å². The summed E-state index contributed by atoms with van der Waals surface area (Å²) in [5, 5.41) is 8.68. The number of carbonyl (C=O) groups is 1. The molecule has 1 unspecified atom stereocenters. The van der Waals surface area contributed by atoms with E-state index in [4.69, 9.17) is 9.84 Å². The molecule has 1 aromatic carbocycles. The molecule has 0 aliphatic carbocycles. The van der Waals surface area contributed by atoms with Gasteiger partial charge in [-0.3, -0.25) is 0 Å². The third-order valence-electron chi connectivity index (χ3n) is 1.95. The monoisotopic (exact) mass is 191 g/mol. The molecule has 1 aromatic rings. The molecule has 2 rings (SSSR count). The van der Waals surface area contributed by atoms with Gasteiger partial charge in [-0.15, -0.1) is 0 Å². The Labute approximate surface area is 80.8 Å². The highest BCUT2D eigenvalue weighted by atomic mass is 16.5. The van der Waals surface area contributed by atoms with E-state index in [9.17, 15) is 4.79 Å². The molecule has 1 atom stereocenters. The van der Waals surface area contributed by atoms with Crippen LogP contribution in [0.15, 0.2) is 35.3 Å². The van der Waals surface area contributed by atoms with E-state index in [-0.39, 0.29) is 6.54 Å². The van der Waals surface area contributed by atoms with Gasteiger partial charge in [-0.25, -0.2) is 9.79 Å². The van der Waals surface area contributed by atoms with Crippen LogP contribution in [0.1, 0.15) is 5.56 Å². The maximum absolute atomic E-state index is 10.6. The predicted octanol–water partition coefficient (Wildman–Crippen LogP) is 0.917. The average molecular weight is 191 g/mol. The molecule has 14 heavy (non-hydrogen) atoms. The van der Waals surface area contributed by atoms with Crippen molar-refractivity contribution in [1.29, 1.82) is 0 Å². The third kappa shape index (κ3) is 1.59. The number of hydrogen-bond donors (Lipinski definition) is 1. The van der Waals surface area contributed by atoms with Gasteiger partial charge in [-0.05, 0) is 12.1 Å². The molecule has 1 aliphatic rings. The van der Waals surface area contributed by atoms with E-state index in [1.165, 1.54) is 0 Å². The molecular weight excluding hydrogens is 182 g/mol. The fourth-order valence-corrected chi connectivity index (χ4v) is 1.24. The summed E-state index contributed by atoms with van der Waals surface area (Å²) in [6.45, 7) is 0.194. The Balaban J connectivity index is 2.13. The van der Waals surface area contributed by atoms with Gasteiger partial charge in [0.15, 0.2) is 0 Å². The van der Waals surface area contributed by atoms with E-state index in [1.807, 2.05) is 30.3 Å². The molecule has 1 N–H and O–H groups in total. The predicted molar refractivity (Wildman–Crippen MR) is 50.4 cm³/mol. The number of carboxylic acids is 1. The van der Waals surface area contributed by atoms with E-state index in [0.717, 1.165) is 5.56 Å². The molecule has 1 heterocycles. The van der Waals surface area contributed by atoms with Crippen molar-refractivity contribution in [2.45, 2.75) is 6.10 Å². The molecule has 0 fully saturated rings. The summed E-state index contributed by atoms with van der Waals surface area (Å²) in [6.07, 6.45) is -0.829. The summed E-state index contributed by atoms with van der Waals surface area (Å²) in [5.74, 6) is -0.558. The first kappa shape index (κ1) is 8.74. The van der Waals surface area contributed by atoms with E-state index in [2.05, 4.69) is 4.99 Å². The van der Waals surface area contributed by atoms with Crippen molar-refractivity contribution in [3.05, 3.63) is 35.9 Å². The molecule has 0 bridgehead atoms. The summed E-state index contributed by atoms with van der Waals surface area (Å²) in [6, 6.07) is 9.27. The second-order valence-electron chi connectivity index (χ2n) is 2.96. The number of hydrogen-bond acceptors (Lipinski definition) is 3. The van der Waals surface area contributed by atoms with Crippen LogP contribution in [0.3, 0.4) is 0 Å². The van der Waals surface area contributed by atoms with Crippen molar-refractivity contribution >= 4 is 11.9 Å². The number of nitrogens with zero attached hydrogens (tertiary/aromatic N) is 1. The Morgan fingerprint density at radius 2 is 2.14 bits per heavy atom. The topological polar surface area (TPSA) is 58.9 Å². The Morgan fingerprint density at radius 3 is 2.71 bits per heavy atom. The van der Waals surface area contributed by atoms with E-state index in [0.29, 0.717) is 5.90 Å². The van der Waals surface area contributed by atoms with Crippen molar-refractivity contribution < 1.29 is 14.6 Å². The lowest BCUT2D eigenvalue weighted by molar-refractivity contribution is -0.144. The van der Waals surface area contributed by atoms with E-state index in [1.54, 1.807) is 0 Å². The third-order valence-corrected chi connectivity index (χ3v) is 1.95. The quantitative estimate of drug-likeness (QED) is 0.756. The Morgan fingerprint density at radius 1 is 1.43 bits per heavy atom. The second kappa shape index (κ2) is 3.49. The minimum Gasteiger partial charge on any atom is -0.478 e. The normalized spacial score (nSPS) is 20.0. The number of aliphatic carboxylic acids is 1. The molecule has 72 valence electrons. The van der Waals surface area contributed by atoms with E-state index < -0.39 is 12.1 Å². The van der Waals surface area contributed by atoms with Gasteiger partial charge in [-0.1, -0.05) is 18.2 Å². The summed E-state index contributed by atoms with van der Waals surface area (Å²) in [4.78, 5) is 14.6. The first-order valence-corrected chi connectivity index (χ1v) is 4.26. The molecule has 0 radical (unpaired) electrons. The first-order chi connectivity index (χ1) is 6.77. The molecule has 0 spiro atoms. The standard InChI is InChI=1S/C10H9NO3/c12-10(13)8-6-11-9(14-8)7-4-2-1-3-5-7/h1-5,8H,6H2,(H,12,13). The molecule has 4 heteroatoms. The van der Waals surface area contributed by atoms with Gasteiger partial charge in [0.1, 0.15) is 0 Å². The summed E-state index contributed by atoms with van der Waals surface area (Å²) >= 11 is 0. The highest BCUT2D eigenvalue weighted by Gasteiger charge is 2.26. The van der Waals surface area contributed by atoms with Crippen LogP contribution in [-0.4, -0.2) is 29.6 Å². The Bertz CT molecular complexity index is 372. The van der Waals surface area contributed by atoms with Gasteiger partial charge < -0.3 is 9.84 Å². The van der Waals surface area contributed by atoms with Crippen LogP contribution in [0.2, 0.25) is 0 Å². The van der Waals surface area contributed by atoms with Crippen LogP contribution >= 0.6 is 0 Å². The second-order valence-corrected chi connectivity index (χ2v) is 2.96. The van der Waals surface area contributed by atoms with Crippen molar-refractivity contribution in [2.24, 2.45) is 4.99 Å². The van der Waals surface area contributed by atoms with Gasteiger partial charge in [0, 0.05) is 5.56 Å². The SMILES string of the molecule is O=C(O)C1CN=C(c2ccccc2)O1. The summed E-state index contributed by atoms with van der Waals surface area (Å²) in [7, 11) is 0. The zero-order valence-electron chi connectivity index (χ0n) is 7.38. The molecule has 0 saturated heterocycles. The van der Waals surface area contributed by atoms with Gasteiger partial charge in [0.05, 0.1) is 6.54 Å². The number of ether oxygens (including phenoxy) is 1. The zero-order valence-corrected chi connectivity index (χ0v) is 7.38. The average Bonchev–Trinajstić information content (AvgIpc) is 2.68. The lowest BCUT2D eigenvalue weighted by atomic mass is 10.2. The van der Waals surface area contributed by atoms with Crippen LogP contribution in [-0.2, 0) is 9.53 Å². The summed E-state index contributed by atoms with van der Waals surface area (Å²) in [5.41, 5.74) is 0.816. The lowest BCUT2D eigenvalue weighted by Crippen LogP contribution is -2.23. The largest absolute Gasteiger partial charge is 0.478 e. The molecule has 1 aliphatic heterocycles. The number of rotatable bonds is 2. The van der Waals surface area contributed by atoms with Crippen LogP contribution in [0, 0.1) is 0 Å². The fraction of sp³-hybridized carbons (Fsp3) is 0.200. The lowest BCUT2D eigenvalue weighted by Gasteiger charge is -2.05. The molecular formula is C10H9NO3. The highest BCUT2D eigenvalue weighted by Crippen LogP contribution is 2.11. The van der Waals surface area contributed by atoms with Crippen LogP contribution in [0.4, 0.5) is 0 Å². The molecule has 0 saturated carbocycles. The van der Waals surface area contributed by atoms with Crippen molar-refractivity contribution in [3.8, 4) is 0 Å². The summed E-state index contributed by atoms with van der Waals surface area (Å²) < 4.78 is 5.16. The van der Waals surface area contributed by atoms with Crippen molar-refractivity contribution in [3.63, 3.8) is 0 Å². The highest BCUT2D eigenvalue weighted by molar-refractivity contribution is 5.97. The Hall–Kier alpha value is -1.84. The minimum atomic E-state index is -0.973. The molecule has 0 aromatic heterocycles. The van der Waals surface area contributed by atoms with Gasteiger partial charge in [0.2, 0.25) is 12.0 Å². The Kier molecular flexibility index (Phi) is 2.18. The molecule has 0 amide bonds. The van der Waals surface area contributed by atoms with Crippen LogP contribution < -0.4 is 0 Å². The number of aliphatic imine (C=N–C) groups is 1. The zero-order chi connectivity index (χ0) is 9.97. The fourth-order valence-electron chi connectivity index (χ4n) is 1.24.